The van der Waals surface area contributed by atoms with E-state index in [0.717, 1.165) is 6.07 Å². The Morgan fingerprint density at radius 2 is 2.05 bits per heavy atom. The summed E-state index contributed by atoms with van der Waals surface area (Å²) in [6.45, 7) is 1.74. The molecule has 3 N–H and O–H groups in total. The van der Waals surface area contributed by atoms with E-state index in [9.17, 15) is 12.8 Å². The molecule has 0 spiro atoms. The largest absolute Gasteiger partial charge is 0.465 e. The second kappa shape index (κ2) is 5.74. The summed E-state index contributed by atoms with van der Waals surface area (Å²) in [5, 5.41) is 0. The average Bonchev–Trinajstić information content (AvgIpc) is 2.83. The maximum absolute atomic E-state index is 13.3. The number of halogens is 1. The zero-order valence-electron chi connectivity index (χ0n) is 10.9. The van der Waals surface area contributed by atoms with Crippen LogP contribution in [0, 0.1) is 12.7 Å². The van der Waals surface area contributed by atoms with Crippen molar-refractivity contribution in [3.63, 3.8) is 0 Å². The van der Waals surface area contributed by atoms with Gasteiger partial charge in [-0.15, -0.1) is 0 Å². The van der Waals surface area contributed by atoms with E-state index < -0.39 is 15.8 Å². The lowest BCUT2D eigenvalue weighted by Crippen LogP contribution is -2.23. The third-order valence-electron chi connectivity index (χ3n) is 2.78. The Kier molecular flexibility index (Phi) is 4.22. The van der Waals surface area contributed by atoms with Crippen molar-refractivity contribution in [1.82, 2.24) is 4.72 Å². The van der Waals surface area contributed by atoms with Crippen LogP contribution < -0.4 is 10.5 Å². The minimum Gasteiger partial charge on any atom is -0.465 e. The molecule has 20 heavy (non-hydrogen) atoms. The van der Waals surface area contributed by atoms with Crippen LogP contribution in [-0.2, 0) is 23.1 Å². The number of nitrogens with two attached hydrogens (primary N) is 1. The third kappa shape index (κ3) is 3.24. The van der Waals surface area contributed by atoms with Gasteiger partial charge in [-0.3, -0.25) is 0 Å². The first-order chi connectivity index (χ1) is 9.42. The fourth-order valence-corrected chi connectivity index (χ4v) is 2.75. The molecule has 0 aliphatic rings. The molecule has 2 rings (SSSR count). The highest BCUT2D eigenvalue weighted by Gasteiger charge is 2.16. The van der Waals surface area contributed by atoms with Crippen LogP contribution in [0.5, 0.6) is 0 Å². The van der Waals surface area contributed by atoms with Gasteiger partial charge in [0.15, 0.2) is 0 Å². The average molecular weight is 298 g/mol. The van der Waals surface area contributed by atoms with E-state index in [-0.39, 0.29) is 23.5 Å². The van der Waals surface area contributed by atoms with Gasteiger partial charge in [-0.25, -0.2) is 17.5 Å². The Hall–Kier alpha value is -1.70. The van der Waals surface area contributed by atoms with Crippen molar-refractivity contribution < 1.29 is 17.2 Å². The third-order valence-corrected chi connectivity index (χ3v) is 4.18. The summed E-state index contributed by atoms with van der Waals surface area (Å²) < 4.78 is 45.1. The molecule has 0 saturated carbocycles. The standard InChI is InChI=1S/C13H15FN2O3S/c1-9-2-3-11(19-9)8-16-20(17,18)12-4-5-13(14)10(6-12)7-15/h2-6,16H,7-8,15H2,1H3. The van der Waals surface area contributed by atoms with Crippen LogP contribution in [-0.4, -0.2) is 8.42 Å². The fourth-order valence-electron chi connectivity index (χ4n) is 1.70. The maximum atomic E-state index is 13.3. The van der Waals surface area contributed by atoms with Gasteiger partial charge in [0.25, 0.3) is 0 Å². The van der Waals surface area contributed by atoms with Crippen molar-refractivity contribution in [3.8, 4) is 0 Å². The van der Waals surface area contributed by atoms with Crippen molar-refractivity contribution in [2.45, 2.75) is 24.9 Å². The normalized spacial score (nSPS) is 11.8. The van der Waals surface area contributed by atoms with Crippen LogP contribution in [0.4, 0.5) is 4.39 Å². The van der Waals surface area contributed by atoms with Crippen molar-refractivity contribution in [3.05, 3.63) is 53.2 Å². The summed E-state index contributed by atoms with van der Waals surface area (Å²) in [6, 6.07) is 6.95. The van der Waals surface area contributed by atoms with Gasteiger partial charge in [-0.2, -0.15) is 0 Å². The molecule has 1 aromatic carbocycles. The molecule has 0 aliphatic heterocycles. The molecule has 1 heterocycles. The summed E-state index contributed by atoms with van der Waals surface area (Å²) >= 11 is 0. The molecule has 7 heteroatoms. The van der Waals surface area contributed by atoms with Crippen LogP contribution in [0.25, 0.3) is 0 Å². The molecular formula is C13H15FN2O3S. The molecule has 0 unspecified atom stereocenters. The van der Waals surface area contributed by atoms with Crippen molar-refractivity contribution in [1.29, 1.82) is 0 Å². The summed E-state index contributed by atoms with van der Waals surface area (Å²) in [6.07, 6.45) is 0. The Bertz CT molecular complexity index is 710. The Morgan fingerprint density at radius 3 is 2.65 bits per heavy atom. The van der Waals surface area contributed by atoms with E-state index in [0.29, 0.717) is 11.5 Å². The minimum absolute atomic E-state index is 0.0253. The van der Waals surface area contributed by atoms with Gasteiger partial charge >= 0.3 is 0 Å². The lowest BCUT2D eigenvalue weighted by Gasteiger charge is -2.07. The molecule has 0 atom stereocenters. The molecular weight excluding hydrogens is 283 g/mol. The fraction of sp³-hybridized carbons (Fsp3) is 0.231. The van der Waals surface area contributed by atoms with Gasteiger partial charge < -0.3 is 10.2 Å². The summed E-state index contributed by atoms with van der Waals surface area (Å²) in [5.74, 6) is 0.687. The van der Waals surface area contributed by atoms with Crippen molar-refractivity contribution in [2.24, 2.45) is 5.73 Å². The first-order valence-corrected chi connectivity index (χ1v) is 7.44. The van der Waals surface area contributed by atoms with Gasteiger partial charge in [-0.1, -0.05) is 0 Å². The Balaban J connectivity index is 2.17. The highest BCUT2D eigenvalue weighted by molar-refractivity contribution is 7.89. The van der Waals surface area contributed by atoms with Crippen molar-refractivity contribution >= 4 is 10.0 Å². The summed E-state index contributed by atoms with van der Waals surface area (Å²) in [4.78, 5) is -0.0253. The van der Waals surface area contributed by atoms with Crippen LogP contribution in [0.1, 0.15) is 17.1 Å². The molecule has 5 nitrogen and oxygen atoms in total. The summed E-state index contributed by atoms with van der Waals surface area (Å²) in [5.41, 5.74) is 5.51. The van der Waals surface area contributed by atoms with Gasteiger partial charge in [0, 0.05) is 12.1 Å². The highest BCUT2D eigenvalue weighted by Crippen LogP contribution is 2.15. The number of sulfonamides is 1. The first-order valence-electron chi connectivity index (χ1n) is 5.96. The minimum atomic E-state index is -3.73. The number of nitrogens with one attached hydrogen (secondary N) is 1. The zero-order chi connectivity index (χ0) is 14.8. The lowest BCUT2D eigenvalue weighted by molar-refractivity contribution is 0.475. The van der Waals surface area contributed by atoms with E-state index in [1.54, 1.807) is 19.1 Å². The number of hydrogen-bond acceptors (Lipinski definition) is 4. The highest BCUT2D eigenvalue weighted by atomic mass is 32.2. The molecule has 2 aromatic rings. The molecule has 0 fully saturated rings. The predicted molar refractivity (Wildman–Crippen MR) is 71.8 cm³/mol. The van der Waals surface area contributed by atoms with Crippen LogP contribution in [0.3, 0.4) is 0 Å². The second-order valence-corrected chi connectivity index (χ2v) is 6.06. The number of benzene rings is 1. The van der Waals surface area contributed by atoms with Gasteiger partial charge in [0.05, 0.1) is 11.4 Å². The molecule has 108 valence electrons. The van der Waals surface area contributed by atoms with Gasteiger partial charge in [0.2, 0.25) is 10.0 Å². The first kappa shape index (κ1) is 14.7. The van der Waals surface area contributed by atoms with Gasteiger partial charge in [0.1, 0.15) is 17.3 Å². The van der Waals surface area contributed by atoms with Crippen LogP contribution in [0.2, 0.25) is 0 Å². The van der Waals surface area contributed by atoms with E-state index in [4.69, 9.17) is 10.2 Å². The van der Waals surface area contributed by atoms with Crippen LogP contribution in [0.15, 0.2) is 39.6 Å². The number of rotatable bonds is 5. The van der Waals surface area contributed by atoms with E-state index >= 15 is 0 Å². The van der Waals surface area contributed by atoms with E-state index in [1.807, 2.05) is 0 Å². The van der Waals surface area contributed by atoms with E-state index in [2.05, 4.69) is 4.72 Å². The molecule has 0 aliphatic carbocycles. The predicted octanol–water partition coefficient (Wildman–Crippen LogP) is 1.66. The number of aryl methyl sites for hydroxylation is 1. The Labute approximate surface area is 116 Å². The lowest BCUT2D eigenvalue weighted by atomic mass is 10.2. The SMILES string of the molecule is Cc1ccc(CNS(=O)(=O)c2ccc(F)c(CN)c2)o1. The molecule has 0 radical (unpaired) electrons. The zero-order valence-corrected chi connectivity index (χ0v) is 11.7. The second-order valence-electron chi connectivity index (χ2n) is 4.29. The van der Waals surface area contributed by atoms with Crippen molar-refractivity contribution in [2.75, 3.05) is 0 Å². The molecule has 1 aromatic heterocycles. The number of furan rings is 1. The monoisotopic (exact) mass is 298 g/mol. The molecule has 0 saturated heterocycles. The Morgan fingerprint density at radius 1 is 1.30 bits per heavy atom. The number of hydrogen-bond donors (Lipinski definition) is 2. The quantitative estimate of drug-likeness (QED) is 0.879. The maximum Gasteiger partial charge on any atom is 0.240 e. The molecule has 0 bridgehead atoms. The topological polar surface area (TPSA) is 85.3 Å². The smallest absolute Gasteiger partial charge is 0.240 e. The van der Waals surface area contributed by atoms with Crippen LogP contribution >= 0.6 is 0 Å². The van der Waals surface area contributed by atoms with E-state index in [1.165, 1.54) is 12.1 Å². The summed E-state index contributed by atoms with van der Waals surface area (Å²) in [7, 11) is -3.73. The van der Waals surface area contributed by atoms with Gasteiger partial charge in [-0.05, 0) is 37.3 Å². The molecule has 0 amide bonds.